The van der Waals surface area contributed by atoms with Gasteiger partial charge in [-0.05, 0) is 25.7 Å². The number of rotatable bonds is 13. The van der Waals surface area contributed by atoms with E-state index in [2.05, 4.69) is 0 Å². The van der Waals surface area contributed by atoms with Gasteiger partial charge in [-0.1, -0.05) is 51.5 Å². The fourth-order valence-corrected chi connectivity index (χ4v) is 2.20. The van der Waals surface area contributed by atoms with Gasteiger partial charge in [-0.3, -0.25) is 4.79 Å². The Bertz CT molecular complexity index is 308. The molecule has 0 fully saturated rings. The van der Waals surface area contributed by atoms with E-state index < -0.39 is 11.9 Å². The normalized spacial score (nSPS) is 11.6. The van der Waals surface area contributed by atoms with Crippen molar-refractivity contribution in [3.8, 4) is 0 Å². The zero-order valence-electron chi connectivity index (χ0n) is 12.6. The highest BCUT2D eigenvalue weighted by atomic mass is 16.4. The summed E-state index contributed by atoms with van der Waals surface area (Å²) in [6.07, 6.45) is 11.9. The van der Waals surface area contributed by atoms with Crippen LogP contribution in [0.15, 0.2) is 11.6 Å². The molecule has 0 bridgehead atoms. The number of hydrogen-bond donors (Lipinski definition) is 2. The second kappa shape index (κ2) is 12.7. The van der Waals surface area contributed by atoms with Gasteiger partial charge in [0.05, 0.1) is 0 Å². The molecule has 0 aliphatic carbocycles. The minimum atomic E-state index is -0.787. The molecule has 20 heavy (non-hydrogen) atoms. The third kappa shape index (κ3) is 11.8. The number of hydrogen-bond acceptors (Lipinski definition) is 2. The maximum absolute atomic E-state index is 10.9. The van der Waals surface area contributed by atoms with E-state index in [-0.39, 0.29) is 6.42 Å². The summed E-state index contributed by atoms with van der Waals surface area (Å²) in [4.78, 5) is 21.2. The van der Waals surface area contributed by atoms with E-state index in [1.165, 1.54) is 0 Å². The molecular formula is C16H28O4. The van der Waals surface area contributed by atoms with Crippen molar-refractivity contribution in [3.63, 3.8) is 0 Å². The molecule has 0 aromatic carbocycles. The van der Waals surface area contributed by atoms with E-state index in [0.717, 1.165) is 57.8 Å². The van der Waals surface area contributed by atoms with E-state index in [1.54, 1.807) is 6.08 Å². The average Bonchev–Trinajstić information content (AvgIpc) is 2.39. The van der Waals surface area contributed by atoms with Crippen LogP contribution < -0.4 is 0 Å². The zero-order valence-corrected chi connectivity index (χ0v) is 12.6. The lowest BCUT2D eigenvalue weighted by Gasteiger charge is -2.03. The average molecular weight is 284 g/mol. The Labute approximate surface area is 121 Å². The molecule has 0 saturated carbocycles. The predicted octanol–water partition coefficient (Wildman–Crippen LogP) is 4.39. The maximum Gasteiger partial charge on any atom is 0.331 e. The summed E-state index contributed by atoms with van der Waals surface area (Å²) in [6.45, 7) is 1.95. The van der Waals surface area contributed by atoms with E-state index >= 15 is 0 Å². The van der Waals surface area contributed by atoms with E-state index in [1.807, 2.05) is 6.92 Å². The fraction of sp³-hybridized carbons (Fsp3) is 0.750. The molecule has 0 rings (SSSR count). The zero-order chi connectivity index (χ0) is 15.2. The molecule has 0 aliphatic rings. The molecule has 0 saturated heterocycles. The van der Waals surface area contributed by atoms with E-state index in [9.17, 15) is 9.59 Å². The third-order valence-corrected chi connectivity index (χ3v) is 3.31. The van der Waals surface area contributed by atoms with Gasteiger partial charge in [0, 0.05) is 12.0 Å². The highest BCUT2D eigenvalue weighted by Crippen LogP contribution is 2.14. The van der Waals surface area contributed by atoms with Gasteiger partial charge in [0.2, 0.25) is 0 Å². The van der Waals surface area contributed by atoms with Gasteiger partial charge in [0.15, 0.2) is 0 Å². The molecule has 0 heterocycles. The molecule has 0 spiro atoms. The first-order valence-electron chi connectivity index (χ1n) is 7.72. The summed E-state index contributed by atoms with van der Waals surface area (Å²) in [6, 6.07) is 0. The van der Waals surface area contributed by atoms with Crippen LogP contribution in [-0.2, 0) is 9.59 Å². The minimum Gasteiger partial charge on any atom is -0.481 e. The van der Waals surface area contributed by atoms with Crippen molar-refractivity contribution in [1.82, 2.24) is 0 Å². The first kappa shape index (κ1) is 18.7. The second-order valence-corrected chi connectivity index (χ2v) is 5.16. The molecule has 2 N–H and O–H groups in total. The molecular weight excluding hydrogens is 256 g/mol. The fourth-order valence-electron chi connectivity index (χ4n) is 2.20. The molecule has 0 radical (unpaired) electrons. The second-order valence-electron chi connectivity index (χ2n) is 5.16. The Morgan fingerprint density at radius 1 is 0.800 bits per heavy atom. The molecule has 0 unspecified atom stereocenters. The van der Waals surface area contributed by atoms with E-state index in [0.29, 0.717) is 12.0 Å². The van der Waals surface area contributed by atoms with Crippen molar-refractivity contribution in [2.75, 3.05) is 0 Å². The van der Waals surface area contributed by atoms with Crippen molar-refractivity contribution >= 4 is 11.9 Å². The topological polar surface area (TPSA) is 74.6 Å². The quantitative estimate of drug-likeness (QED) is 0.388. The van der Waals surface area contributed by atoms with Gasteiger partial charge in [-0.15, -0.1) is 0 Å². The van der Waals surface area contributed by atoms with Gasteiger partial charge in [0.25, 0.3) is 0 Å². The number of carboxylic acid groups (broad SMARTS) is 2. The number of aliphatic carboxylic acids is 2. The van der Waals surface area contributed by atoms with Gasteiger partial charge in [0.1, 0.15) is 0 Å². The molecule has 4 heteroatoms. The molecule has 116 valence electrons. The van der Waals surface area contributed by atoms with Crippen molar-refractivity contribution in [2.24, 2.45) is 0 Å². The lowest BCUT2D eigenvalue weighted by molar-refractivity contribution is -0.137. The molecule has 0 aromatic rings. The first-order chi connectivity index (χ1) is 9.57. The number of allylic oxidation sites excluding steroid dienone is 1. The van der Waals surface area contributed by atoms with Crippen LogP contribution in [0.4, 0.5) is 0 Å². The third-order valence-electron chi connectivity index (χ3n) is 3.31. The summed E-state index contributed by atoms with van der Waals surface area (Å²) in [5.41, 5.74) is 0.543. The van der Waals surface area contributed by atoms with Gasteiger partial charge in [-0.25, -0.2) is 4.79 Å². The molecule has 0 aromatic heterocycles. The summed E-state index contributed by atoms with van der Waals surface area (Å²) in [5, 5.41) is 17.4. The largest absolute Gasteiger partial charge is 0.481 e. The van der Waals surface area contributed by atoms with Crippen molar-refractivity contribution < 1.29 is 19.8 Å². The summed E-state index contributed by atoms with van der Waals surface area (Å²) in [7, 11) is 0. The molecule has 0 aliphatic heterocycles. The standard InChI is InChI=1S/C16H28O4/c1-2-11-14(16(19)20)12-9-7-5-3-4-6-8-10-13-15(17)18/h11H,2-10,12-13H2,1H3,(H,17,18)(H,19,20). The van der Waals surface area contributed by atoms with Crippen LogP contribution in [0.25, 0.3) is 0 Å². The molecule has 0 atom stereocenters. The van der Waals surface area contributed by atoms with Crippen LogP contribution in [0.1, 0.15) is 77.6 Å². The molecule has 0 amide bonds. The number of unbranched alkanes of at least 4 members (excludes halogenated alkanes) is 7. The Morgan fingerprint density at radius 3 is 1.65 bits per heavy atom. The Morgan fingerprint density at radius 2 is 1.25 bits per heavy atom. The lowest BCUT2D eigenvalue weighted by Crippen LogP contribution is -2.00. The Balaban J connectivity index is 3.38. The van der Waals surface area contributed by atoms with Crippen LogP contribution >= 0.6 is 0 Å². The monoisotopic (exact) mass is 284 g/mol. The summed E-state index contributed by atoms with van der Waals surface area (Å²) >= 11 is 0. The summed E-state index contributed by atoms with van der Waals surface area (Å²) in [5.74, 6) is -1.50. The maximum atomic E-state index is 10.9. The highest BCUT2D eigenvalue weighted by Gasteiger charge is 2.05. The van der Waals surface area contributed by atoms with Crippen LogP contribution in [0.5, 0.6) is 0 Å². The van der Waals surface area contributed by atoms with Crippen molar-refractivity contribution in [3.05, 3.63) is 11.6 Å². The van der Waals surface area contributed by atoms with Crippen molar-refractivity contribution in [2.45, 2.75) is 77.6 Å². The number of carbonyl (C=O) groups is 2. The smallest absolute Gasteiger partial charge is 0.331 e. The van der Waals surface area contributed by atoms with Gasteiger partial charge in [-0.2, -0.15) is 0 Å². The molecule has 4 nitrogen and oxygen atoms in total. The lowest BCUT2D eigenvalue weighted by atomic mass is 10.0. The van der Waals surface area contributed by atoms with Crippen molar-refractivity contribution in [1.29, 1.82) is 0 Å². The highest BCUT2D eigenvalue weighted by molar-refractivity contribution is 5.86. The predicted molar refractivity (Wildman–Crippen MR) is 79.8 cm³/mol. The van der Waals surface area contributed by atoms with Gasteiger partial charge >= 0.3 is 11.9 Å². The number of carboxylic acids is 2. The van der Waals surface area contributed by atoms with Gasteiger partial charge < -0.3 is 10.2 Å². The Kier molecular flexibility index (Phi) is 11.9. The van der Waals surface area contributed by atoms with Crippen LogP contribution in [0.3, 0.4) is 0 Å². The SMILES string of the molecule is CCC=C(CCCCCCCCCCC(=O)O)C(=O)O. The Hall–Kier alpha value is -1.32. The van der Waals surface area contributed by atoms with Crippen LogP contribution in [0, 0.1) is 0 Å². The minimum absolute atomic E-state index is 0.279. The van der Waals surface area contributed by atoms with Crippen LogP contribution in [0.2, 0.25) is 0 Å². The summed E-state index contributed by atoms with van der Waals surface area (Å²) < 4.78 is 0. The van der Waals surface area contributed by atoms with Crippen LogP contribution in [-0.4, -0.2) is 22.2 Å². The first-order valence-corrected chi connectivity index (χ1v) is 7.72. The van der Waals surface area contributed by atoms with E-state index in [4.69, 9.17) is 10.2 Å².